The number of aromatic hydroxyl groups is 1. The summed E-state index contributed by atoms with van der Waals surface area (Å²) in [4.78, 5) is 11.6. The number of carbonyl (C=O) groups excluding carboxylic acids is 1. The topological polar surface area (TPSA) is 107 Å². The van der Waals surface area contributed by atoms with Crippen LogP contribution in [-0.4, -0.2) is 24.9 Å². The Morgan fingerprint density at radius 3 is 2.36 bits per heavy atom. The lowest BCUT2D eigenvalue weighted by atomic mass is 10.1. The molecular formula is C12H7F3NO5S-. The maximum Gasteiger partial charge on any atom is 0.516 e. The molecule has 0 bridgehead atoms. The van der Waals surface area contributed by atoms with E-state index in [0.717, 1.165) is 29.0 Å². The van der Waals surface area contributed by atoms with Crippen molar-refractivity contribution in [3.8, 4) is 11.5 Å². The summed E-state index contributed by atoms with van der Waals surface area (Å²) < 4.78 is 59.2. The van der Waals surface area contributed by atoms with Crippen LogP contribution in [-0.2, 0) is 10.0 Å². The molecule has 0 aliphatic carbocycles. The summed E-state index contributed by atoms with van der Waals surface area (Å²) in [5, 5.41) is 21.0. The van der Waals surface area contributed by atoms with Crippen LogP contribution in [0.15, 0.2) is 30.3 Å². The number of sulfonamides is 1. The van der Waals surface area contributed by atoms with Gasteiger partial charge >= 0.3 is 15.5 Å². The number of hydrogen-bond donors (Lipinski definition) is 2. The first-order valence-corrected chi connectivity index (χ1v) is 7.07. The number of fused-ring (bicyclic) bond motifs is 1. The molecule has 0 unspecified atom stereocenters. The second-order valence-electron chi connectivity index (χ2n) is 4.26. The molecule has 6 nitrogen and oxygen atoms in total. The fraction of sp³-hybridized carbons (Fsp3) is 0.0833. The third-order valence-corrected chi connectivity index (χ3v) is 3.78. The molecule has 0 spiro atoms. The van der Waals surface area contributed by atoms with Crippen molar-refractivity contribution in [2.75, 3.05) is 0 Å². The van der Waals surface area contributed by atoms with Crippen molar-refractivity contribution in [2.45, 2.75) is 5.51 Å². The zero-order chi connectivity index (χ0) is 16.7. The van der Waals surface area contributed by atoms with E-state index in [4.69, 9.17) is 0 Å². The first kappa shape index (κ1) is 15.9. The number of benzene rings is 2. The summed E-state index contributed by atoms with van der Waals surface area (Å²) in [6, 6.07) is 5.44. The van der Waals surface area contributed by atoms with Crippen molar-refractivity contribution in [3.63, 3.8) is 0 Å². The maximum absolute atomic E-state index is 12.2. The quantitative estimate of drug-likeness (QED) is 0.858. The van der Waals surface area contributed by atoms with Gasteiger partial charge in [-0.05, 0) is 29.0 Å². The lowest BCUT2D eigenvalue weighted by molar-refractivity contribution is -0.270. The second kappa shape index (κ2) is 5.05. The Morgan fingerprint density at radius 2 is 1.77 bits per heavy atom. The lowest BCUT2D eigenvalue weighted by Crippen LogP contribution is -2.40. The third kappa shape index (κ3) is 2.91. The van der Waals surface area contributed by atoms with E-state index in [0.29, 0.717) is 5.39 Å². The SMILES string of the molecule is O=C(NS(=O)(=O)C(F)(F)F)c1ccc2cc([O-])c(O)cc2c1. The highest BCUT2D eigenvalue weighted by atomic mass is 32.2. The van der Waals surface area contributed by atoms with Crippen LogP contribution in [0.2, 0.25) is 0 Å². The molecule has 1 amide bonds. The predicted octanol–water partition coefficient (Wildman–Crippen LogP) is 1.20. The molecule has 2 N–H and O–H groups in total. The van der Waals surface area contributed by atoms with Crippen molar-refractivity contribution in [2.24, 2.45) is 0 Å². The highest BCUT2D eigenvalue weighted by Crippen LogP contribution is 2.29. The van der Waals surface area contributed by atoms with Gasteiger partial charge in [0.05, 0.1) is 0 Å². The zero-order valence-corrected chi connectivity index (χ0v) is 11.3. The summed E-state index contributed by atoms with van der Waals surface area (Å²) in [7, 11) is -5.81. The van der Waals surface area contributed by atoms with E-state index in [9.17, 15) is 36.6 Å². The highest BCUT2D eigenvalue weighted by molar-refractivity contribution is 7.90. The van der Waals surface area contributed by atoms with Gasteiger partial charge in [0.15, 0.2) is 0 Å². The molecule has 10 heteroatoms. The van der Waals surface area contributed by atoms with Gasteiger partial charge in [-0.2, -0.15) is 21.6 Å². The monoisotopic (exact) mass is 334 g/mol. The molecular weight excluding hydrogens is 327 g/mol. The number of phenols is 1. The largest absolute Gasteiger partial charge is 0.870 e. The molecule has 0 radical (unpaired) electrons. The number of phenolic OH excluding ortho intramolecular Hbond substituents is 1. The molecule has 2 aromatic carbocycles. The average molecular weight is 334 g/mol. The van der Waals surface area contributed by atoms with E-state index in [-0.39, 0.29) is 10.9 Å². The van der Waals surface area contributed by atoms with E-state index in [2.05, 4.69) is 0 Å². The van der Waals surface area contributed by atoms with Crippen molar-refractivity contribution < 1.29 is 36.6 Å². The van der Waals surface area contributed by atoms with Gasteiger partial charge in [0.1, 0.15) is 5.75 Å². The van der Waals surface area contributed by atoms with Crippen molar-refractivity contribution >= 4 is 26.7 Å². The molecule has 2 aromatic rings. The summed E-state index contributed by atoms with van der Waals surface area (Å²) in [5.41, 5.74) is -5.99. The fourth-order valence-corrected chi connectivity index (χ4v) is 2.12. The smallest absolute Gasteiger partial charge is 0.516 e. The first-order chi connectivity index (χ1) is 10.0. The summed E-state index contributed by atoms with van der Waals surface area (Å²) in [6.07, 6.45) is 0. The van der Waals surface area contributed by atoms with E-state index in [1.54, 1.807) is 0 Å². The Hall–Kier alpha value is -2.49. The van der Waals surface area contributed by atoms with Gasteiger partial charge in [0.25, 0.3) is 5.91 Å². The average Bonchev–Trinajstić information content (AvgIpc) is 2.37. The summed E-state index contributed by atoms with van der Waals surface area (Å²) in [5.74, 6) is -2.75. The molecule has 0 saturated heterocycles. The fourth-order valence-electron chi connectivity index (χ4n) is 1.64. The molecule has 2 rings (SSSR count). The molecule has 0 atom stereocenters. The van der Waals surface area contributed by atoms with Crippen LogP contribution in [0.1, 0.15) is 10.4 Å². The number of rotatable bonds is 2. The Bertz CT molecular complexity index is 861. The molecule has 0 aromatic heterocycles. The van der Waals surface area contributed by atoms with Gasteiger partial charge in [-0.1, -0.05) is 17.9 Å². The van der Waals surface area contributed by atoms with Gasteiger partial charge in [-0.15, -0.1) is 0 Å². The molecule has 0 aliphatic heterocycles. The van der Waals surface area contributed by atoms with E-state index >= 15 is 0 Å². The second-order valence-corrected chi connectivity index (χ2v) is 5.94. The van der Waals surface area contributed by atoms with Crippen LogP contribution in [0.4, 0.5) is 13.2 Å². The Morgan fingerprint density at radius 1 is 1.14 bits per heavy atom. The molecule has 22 heavy (non-hydrogen) atoms. The Balaban J connectivity index is 2.39. The third-order valence-electron chi connectivity index (χ3n) is 2.71. The predicted molar refractivity (Wildman–Crippen MR) is 67.5 cm³/mol. The Kier molecular flexibility index (Phi) is 3.65. The maximum atomic E-state index is 12.2. The minimum absolute atomic E-state index is 0.189. The lowest BCUT2D eigenvalue weighted by Gasteiger charge is -2.12. The van der Waals surface area contributed by atoms with E-state index in [1.807, 2.05) is 0 Å². The van der Waals surface area contributed by atoms with Crippen LogP contribution in [0.25, 0.3) is 10.8 Å². The van der Waals surface area contributed by atoms with Crippen LogP contribution in [0.5, 0.6) is 11.5 Å². The van der Waals surface area contributed by atoms with E-state index < -0.39 is 32.9 Å². The van der Waals surface area contributed by atoms with Crippen LogP contribution in [0, 0.1) is 0 Å². The molecule has 0 aliphatic rings. The summed E-state index contributed by atoms with van der Waals surface area (Å²) in [6.45, 7) is 0. The van der Waals surface area contributed by atoms with Crippen LogP contribution in [0.3, 0.4) is 0 Å². The zero-order valence-electron chi connectivity index (χ0n) is 10.5. The van der Waals surface area contributed by atoms with Crippen LogP contribution >= 0.6 is 0 Å². The molecule has 118 valence electrons. The number of nitrogens with one attached hydrogen (secondary N) is 1. The molecule has 0 heterocycles. The van der Waals surface area contributed by atoms with Crippen molar-refractivity contribution in [1.29, 1.82) is 0 Å². The molecule has 0 saturated carbocycles. The van der Waals surface area contributed by atoms with Crippen molar-refractivity contribution in [1.82, 2.24) is 4.72 Å². The number of alkyl halides is 3. The first-order valence-electron chi connectivity index (χ1n) is 5.58. The number of carbonyl (C=O) groups is 1. The minimum atomic E-state index is -5.81. The van der Waals surface area contributed by atoms with E-state index in [1.165, 1.54) is 6.07 Å². The van der Waals surface area contributed by atoms with Crippen molar-refractivity contribution in [3.05, 3.63) is 35.9 Å². The normalized spacial score (nSPS) is 12.3. The van der Waals surface area contributed by atoms with Gasteiger partial charge in [-0.25, -0.2) is 4.72 Å². The highest BCUT2D eigenvalue weighted by Gasteiger charge is 2.47. The van der Waals surface area contributed by atoms with Crippen LogP contribution < -0.4 is 9.83 Å². The minimum Gasteiger partial charge on any atom is -0.870 e. The van der Waals surface area contributed by atoms with Gasteiger partial charge < -0.3 is 10.2 Å². The number of hydrogen-bond acceptors (Lipinski definition) is 5. The summed E-state index contributed by atoms with van der Waals surface area (Å²) >= 11 is 0. The van der Waals surface area contributed by atoms with Gasteiger partial charge in [0, 0.05) is 5.56 Å². The molecule has 0 fully saturated rings. The number of halogens is 3. The Labute approximate surface area is 121 Å². The standard InChI is InChI=1S/C12H8F3NO5S/c13-12(14,15)22(20,21)16-11(19)7-2-1-6-4-9(17)10(18)5-8(6)3-7/h1-5,17-18H,(H,16,19)/p-1. The van der Waals surface area contributed by atoms with Gasteiger partial charge in [-0.3, -0.25) is 4.79 Å². The number of amides is 1. The van der Waals surface area contributed by atoms with Gasteiger partial charge in [0.2, 0.25) is 0 Å².